The molecule has 0 bridgehead atoms. The summed E-state index contributed by atoms with van der Waals surface area (Å²) in [5.41, 5.74) is 0.460. The fourth-order valence-corrected chi connectivity index (χ4v) is 2.02. The largest absolute Gasteiger partial charge is 0.493 e. The Kier molecular flexibility index (Phi) is 5.82. The van der Waals surface area contributed by atoms with E-state index in [0.717, 1.165) is 0 Å². The summed E-state index contributed by atoms with van der Waals surface area (Å²) >= 11 is 3.30. The molecule has 0 aliphatic rings. The number of amides is 1. The summed E-state index contributed by atoms with van der Waals surface area (Å²) in [4.78, 5) is 22.4. The number of benzene rings is 1. The fraction of sp³-hybridized carbons (Fsp3) is 0.385. The van der Waals surface area contributed by atoms with Crippen molar-refractivity contribution in [1.29, 1.82) is 0 Å². The Balaban J connectivity index is 3.00. The zero-order valence-corrected chi connectivity index (χ0v) is 12.6. The molecule has 19 heavy (non-hydrogen) atoms. The molecule has 5 nitrogen and oxygen atoms in total. The van der Waals surface area contributed by atoms with Gasteiger partial charge in [0.2, 0.25) is 0 Å². The van der Waals surface area contributed by atoms with E-state index in [1.165, 1.54) is 7.11 Å². The van der Waals surface area contributed by atoms with Crippen molar-refractivity contribution in [1.82, 2.24) is 5.32 Å². The Bertz CT molecular complexity index is 476. The van der Waals surface area contributed by atoms with Crippen LogP contribution in [0.1, 0.15) is 24.2 Å². The molecule has 0 saturated heterocycles. The number of nitrogens with one attached hydrogen (secondary N) is 1. The molecule has 1 rings (SSSR count). The number of carbonyl (C=O) groups is 2. The molecule has 0 heterocycles. The lowest BCUT2D eigenvalue weighted by atomic mass is 10.2. The predicted molar refractivity (Wildman–Crippen MR) is 74.9 cm³/mol. The number of halogens is 1. The third kappa shape index (κ3) is 3.96. The van der Waals surface area contributed by atoms with Gasteiger partial charge in [-0.25, -0.2) is 0 Å². The first-order chi connectivity index (χ1) is 9.03. The molecule has 0 radical (unpaired) electrons. The molecule has 0 aliphatic carbocycles. The van der Waals surface area contributed by atoms with E-state index in [0.29, 0.717) is 34.4 Å². The van der Waals surface area contributed by atoms with Crippen molar-refractivity contribution >= 4 is 28.1 Å². The predicted octanol–water partition coefficient (Wildman–Crippen LogP) is 2.17. The van der Waals surface area contributed by atoms with Crippen LogP contribution >= 0.6 is 15.9 Å². The van der Waals surface area contributed by atoms with Crippen LogP contribution in [0.5, 0.6) is 11.5 Å². The number of methoxy groups -OCH3 is 1. The van der Waals surface area contributed by atoms with Gasteiger partial charge in [0, 0.05) is 12.1 Å². The molecule has 0 aliphatic heterocycles. The molecule has 104 valence electrons. The lowest BCUT2D eigenvalue weighted by molar-refractivity contribution is -0.127. The number of likely N-dealkylation sites (N-methyl/N-ethyl adjacent to an activating group) is 1. The van der Waals surface area contributed by atoms with Crippen molar-refractivity contribution in [3.05, 3.63) is 22.2 Å². The first kappa shape index (κ1) is 15.5. The molecule has 6 heteroatoms. The molecule has 0 aromatic heterocycles. The third-order valence-corrected chi connectivity index (χ3v) is 2.99. The molecule has 1 unspecified atom stereocenters. The molecule has 0 saturated carbocycles. The van der Waals surface area contributed by atoms with E-state index in [-0.39, 0.29) is 5.91 Å². The second kappa shape index (κ2) is 7.13. The normalized spacial score (nSPS) is 11.6. The van der Waals surface area contributed by atoms with E-state index in [1.807, 2.05) is 6.92 Å². The summed E-state index contributed by atoms with van der Waals surface area (Å²) in [6, 6.07) is 3.16. The van der Waals surface area contributed by atoms with Gasteiger partial charge in [-0.2, -0.15) is 0 Å². The topological polar surface area (TPSA) is 64.6 Å². The molecule has 1 atom stereocenters. The minimum atomic E-state index is -0.660. The van der Waals surface area contributed by atoms with Gasteiger partial charge in [0.05, 0.1) is 11.6 Å². The van der Waals surface area contributed by atoms with Crippen LogP contribution in [0, 0.1) is 0 Å². The van der Waals surface area contributed by atoms with E-state index in [9.17, 15) is 9.59 Å². The Hall–Kier alpha value is -1.56. The van der Waals surface area contributed by atoms with Crippen LogP contribution in [0.4, 0.5) is 0 Å². The number of hydrogen-bond acceptors (Lipinski definition) is 4. The van der Waals surface area contributed by atoms with Crippen LogP contribution in [0.25, 0.3) is 0 Å². The van der Waals surface area contributed by atoms with Crippen LogP contribution in [0.2, 0.25) is 0 Å². The van der Waals surface area contributed by atoms with Gasteiger partial charge in [-0.15, -0.1) is 0 Å². The second-order valence-corrected chi connectivity index (χ2v) is 4.66. The smallest absolute Gasteiger partial charge is 0.260 e. The van der Waals surface area contributed by atoms with Gasteiger partial charge in [-0.1, -0.05) is 0 Å². The van der Waals surface area contributed by atoms with Crippen molar-refractivity contribution in [2.75, 3.05) is 13.7 Å². The summed E-state index contributed by atoms with van der Waals surface area (Å²) in [6.45, 7) is 4.01. The zero-order chi connectivity index (χ0) is 14.4. The van der Waals surface area contributed by atoms with Crippen LogP contribution in [-0.2, 0) is 4.79 Å². The lowest BCUT2D eigenvalue weighted by Gasteiger charge is -2.17. The van der Waals surface area contributed by atoms with Gasteiger partial charge in [-0.3, -0.25) is 9.59 Å². The van der Waals surface area contributed by atoms with Gasteiger partial charge < -0.3 is 14.8 Å². The molecule has 1 aromatic rings. The Labute approximate surface area is 120 Å². The monoisotopic (exact) mass is 329 g/mol. The molecular formula is C13H16BrNO4. The quantitative estimate of drug-likeness (QED) is 0.812. The third-order valence-electron chi connectivity index (χ3n) is 2.40. The van der Waals surface area contributed by atoms with Gasteiger partial charge >= 0.3 is 0 Å². The maximum absolute atomic E-state index is 11.6. The number of hydrogen-bond donors (Lipinski definition) is 1. The van der Waals surface area contributed by atoms with Crippen LogP contribution in [0.15, 0.2) is 16.6 Å². The van der Waals surface area contributed by atoms with Gasteiger partial charge in [-0.05, 0) is 41.9 Å². The average molecular weight is 330 g/mol. The van der Waals surface area contributed by atoms with Crippen molar-refractivity contribution in [2.45, 2.75) is 20.0 Å². The van der Waals surface area contributed by atoms with Gasteiger partial charge in [0.25, 0.3) is 5.91 Å². The van der Waals surface area contributed by atoms with Crippen molar-refractivity contribution in [3.63, 3.8) is 0 Å². The lowest BCUT2D eigenvalue weighted by Crippen LogP contribution is -2.36. The molecule has 0 spiro atoms. The highest BCUT2D eigenvalue weighted by Crippen LogP contribution is 2.36. The highest BCUT2D eigenvalue weighted by molar-refractivity contribution is 9.10. The SMILES string of the molecule is CCNC(=O)C(C)Oc1c(Br)cc(C=O)cc1OC. The average Bonchev–Trinajstić information content (AvgIpc) is 2.40. The summed E-state index contributed by atoms with van der Waals surface area (Å²) in [6.07, 6.45) is 0.0526. The summed E-state index contributed by atoms with van der Waals surface area (Å²) in [7, 11) is 1.47. The first-order valence-corrected chi connectivity index (χ1v) is 6.59. The van der Waals surface area contributed by atoms with Gasteiger partial charge in [0.1, 0.15) is 6.29 Å². The van der Waals surface area contributed by atoms with Gasteiger partial charge in [0.15, 0.2) is 17.6 Å². The maximum Gasteiger partial charge on any atom is 0.260 e. The van der Waals surface area contributed by atoms with Crippen molar-refractivity contribution in [2.24, 2.45) is 0 Å². The maximum atomic E-state index is 11.6. The summed E-state index contributed by atoms with van der Waals surface area (Å²) in [5.74, 6) is 0.579. The van der Waals surface area contributed by atoms with E-state index < -0.39 is 6.10 Å². The van der Waals surface area contributed by atoms with Crippen molar-refractivity contribution in [3.8, 4) is 11.5 Å². The Morgan fingerprint density at radius 1 is 1.53 bits per heavy atom. The minimum Gasteiger partial charge on any atom is -0.493 e. The molecule has 1 aromatic carbocycles. The first-order valence-electron chi connectivity index (χ1n) is 5.80. The zero-order valence-electron chi connectivity index (χ0n) is 11.0. The van der Waals surface area contributed by atoms with Crippen molar-refractivity contribution < 1.29 is 19.1 Å². The number of aldehydes is 1. The van der Waals surface area contributed by atoms with E-state index >= 15 is 0 Å². The minimum absolute atomic E-state index is 0.212. The highest BCUT2D eigenvalue weighted by Gasteiger charge is 2.19. The van der Waals surface area contributed by atoms with E-state index in [4.69, 9.17) is 9.47 Å². The number of rotatable bonds is 6. The highest BCUT2D eigenvalue weighted by atomic mass is 79.9. The molecule has 1 amide bonds. The van der Waals surface area contributed by atoms with Crippen LogP contribution < -0.4 is 14.8 Å². The number of ether oxygens (including phenoxy) is 2. The van der Waals surface area contributed by atoms with E-state index in [1.54, 1.807) is 19.1 Å². The standard InChI is InChI=1S/C13H16BrNO4/c1-4-15-13(17)8(2)19-12-10(14)5-9(7-16)6-11(12)18-3/h5-8H,4H2,1-3H3,(H,15,17). The number of carbonyl (C=O) groups excluding carboxylic acids is 2. The molecular weight excluding hydrogens is 314 g/mol. The summed E-state index contributed by atoms with van der Waals surface area (Å²) < 4.78 is 11.3. The van der Waals surface area contributed by atoms with Crippen LogP contribution in [-0.4, -0.2) is 32.0 Å². The second-order valence-electron chi connectivity index (χ2n) is 3.81. The van der Waals surface area contributed by atoms with Crippen LogP contribution in [0.3, 0.4) is 0 Å². The summed E-state index contributed by atoms with van der Waals surface area (Å²) in [5, 5.41) is 2.67. The Morgan fingerprint density at radius 3 is 2.74 bits per heavy atom. The van der Waals surface area contributed by atoms with E-state index in [2.05, 4.69) is 21.2 Å². The molecule has 0 fully saturated rings. The Morgan fingerprint density at radius 2 is 2.21 bits per heavy atom. The fourth-order valence-electron chi connectivity index (χ4n) is 1.47. The molecule has 1 N–H and O–H groups in total.